The fourth-order valence-electron chi connectivity index (χ4n) is 2.18. The molecule has 5 nitrogen and oxygen atoms in total. The molecule has 0 amide bonds. The van der Waals surface area contributed by atoms with Crippen LogP contribution in [0.25, 0.3) is 10.9 Å². The van der Waals surface area contributed by atoms with E-state index in [1.165, 1.54) is 6.20 Å². The molecule has 0 saturated carbocycles. The van der Waals surface area contributed by atoms with Crippen LogP contribution in [-0.2, 0) is 15.5 Å². The van der Waals surface area contributed by atoms with Crippen molar-refractivity contribution < 1.29 is 13.7 Å². The summed E-state index contributed by atoms with van der Waals surface area (Å²) in [6.07, 6.45) is 3.18. The summed E-state index contributed by atoms with van der Waals surface area (Å²) >= 11 is 0. The Morgan fingerprint density at radius 1 is 1.41 bits per heavy atom. The van der Waals surface area contributed by atoms with Gasteiger partial charge in [0, 0.05) is 40.9 Å². The van der Waals surface area contributed by atoms with Gasteiger partial charge in [-0.05, 0) is 26.0 Å². The van der Waals surface area contributed by atoms with E-state index in [2.05, 4.69) is 10.3 Å². The molecule has 0 saturated heterocycles. The molecular formula is C16H20N2O3S. The van der Waals surface area contributed by atoms with E-state index in [1.54, 1.807) is 13.2 Å². The van der Waals surface area contributed by atoms with Crippen molar-refractivity contribution in [3.8, 4) is 0 Å². The zero-order chi connectivity index (χ0) is 16.1. The number of carbonyl (C=O) groups excluding carboxylic acids is 1. The smallest absolute Gasteiger partial charge is 0.341 e. The van der Waals surface area contributed by atoms with Gasteiger partial charge in [-0.3, -0.25) is 9.19 Å². The molecule has 0 fully saturated rings. The van der Waals surface area contributed by atoms with E-state index in [0.29, 0.717) is 30.2 Å². The quantitative estimate of drug-likeness (QED) is 0.828. The Labute approximate surface area is 132 Å². The normalized spacial score (nSPS) is 12.1. The van der Waals surface area contributed by atoms with Gasteiger partial charge in [0.05, 0.1) is 17.8 Å². The fourth-order valence-corrected chi connectivity index (χ4v) is 2.57. The maximum absolute atomic E-state index is 12.1. The Hall–Kier alpha value is -1.95. The molecule has 1 aromatic carbocycles. The van der Waals surface area contributed by atoms with E-state index < -0.39 is 16.8 Å². The number of anilines is 1. The molecule has 0 aliphatic rings. The Bertz CT molecular complexity index is 716. The van der Waals surface area contributed by atoms with Gasteiger partial charge in [-0.2, -0.15) is 0 Å². The summed E-state index contributed by atoms with van der Waals surface area (Å²) in [4.78, 5) is 16.5. The first-order chi connectivity index (χ1) is 10.5. The summed E-state index contributed by atoms with van der Waals surface area (Å²) in [7, 11) is -0.892. The van der Waals surface area contributed by atoms with Crippen LogP contribution in [0.2, 0.25) is 0 Å². The Morgan fingerprint density at radius 3 is 2.86 bits per heavy atom. The molecule has 1 aromatic heterocycles. The molecule has 118 valence electrons. The average Bonchev–Trinajstić information content (AvgIpc) is 2.47. The molecular weight excluding hydrogens is 300 g/mol. The number of benzene rings is 1. The zero-order valence-corrected chi connectivity index (χ0v) is 13.8. The van der Waals surface area contributed by atoms with Crippen molar-refractivity contribution in [2.75, 3.05) is 30.5 Å². The predicted molar refractivity (Wildman–Crippen MR) is 89.9 cm³/mol. The zero-order valence-electron chi connectivity index (χ0n) is 13.0. The highest BCUT2D eigenvalue weighted by Crippen LogP contribution is 2.27. The predicted octanol–water partition coefficient (Wildman–Crippen LogP) is 2.51. The van der Waals surface area contributed by atoms with Gasteiger partial charge in [-0.25, -0.2) is 4.79 Å². The number of ether oxygens (including phenoxy) is 1. The van der Waals surface area contributed by atoms with E-state index in [0.717, 1.165) is 16.5 Å². The maximum atomic E-state index is 12.1. The van der Waals surface area contributed by atoms with E-state index >= 15 is 0 Å². The van der Waals surface area contributed by atoms with E-state index in [1.807, 2.05) is 25.1 Å². The highest BCUT2D eigenvalue weighted by atomic mass is 32.2. The second-order valence-corrected chi connectivity index (χ2v) is 6.55. The molecule has 2 rings (SSSR count). The molecule has 1 atom stereocenters. The van der Waals surface area contributed by atoms with Crippen molar-refractivity contribution in [1.29, 1.82) is 0 Å². The van der Waals surface area contributed by atoms with Gasteiger partial charge in [0.1, 0.15) is 5.56 Å². The van der Waals surface area contributed by atoms with Gasteiger partial charge in [0.2, 0.25) is 0 Å². The third-order valence-corrected chi connectivity index (χ3v) is 3.99. The number of pyridine rings is 1. The summed E-state index contributed by atoms with van der Waals surface area (Å²) in [5.41, 5.74) is 2.98. The lowest BCUT2D eigenvalue weighted by Gasteiger charge is -2.14. The second kappa shape index (κ2) is 7.35. The van der Waals surface area contributed by atoms with Crippen LogP contribution in [0, 0.1) is 6.92 Å². The second-order valence-electron chi connectivity index (χ2n) is 4.99. The molecule has 22 heavy (non-hydrogen) atoms. The standard InChI is InChI=1S/C16H20N2O3S/c1-4-21-16(19)13-10-18-14-6-5-11(2)9-12(14)15(13)17-7-8-22(3)20/h5-6,9-10H,4,7-8H2,1-3H3,(H,17,18). The van der Waals surface area contributed by atoms with Gasteiger partial charge in [0.25, 0.3) is 0 Å². The van der Waals surface area contributed by atoms with E-state index in [9.17, 15) is 9.00 Å². The highest BCUT2D eigenvalue weighted by molar-refractivity contribution is 7.84. The van der Waals surface area contributed by atoms with Crippen LogP contribution in [0.3, 0.4) is 0 Å². The van der Waals surface area contributed by atoms with Crippen LogP contribution < -0.4 is 5.32 Å². The Kier molecular flexibility index (Phi) is 5.49. The van der Waals surface area contributed by atoms with Crippen molar-refractivity contribution >= 4 is 33.4 Å². The number of nitrogens with one attached hydrogen (secondary N) is 1. The van der Waals surface area contributed by atoms with Crippen molar-refractivity contribution in [2.45, 2.75) is 13.8 Å². The summed E-state index contributed by atoms with van der Waals surface area (Å²) in [5, 5.41) is 4.09. The number of hydrogen-bond acceptors (Lipinski definition) is 5. The maximum Gasteiger partial charge on any atom is 0.341 e. The minimum absolute atomic E-state index is 0.309. The lowest BCUT2D eigenvalue weighted by atomic mass is 10.1. The van der Waals surface area contributed by atoms with Crippen molar-refractivity contribution in [2.24, 2.45) is 0 Å². The minimum Gasteiger partial charge on any atom is -0.462 e. The van der Waals surface area contributed by atoms with Gasteiger partial charge >= 0.3 is 5.97 Å². The number of aryl methyl sites for hydroxylation is 1. The molecule has 0 radical (unpaired) electrons. The van der Waals surface area contributed by atoms with Gasteiger partial charge in [-0.1, -0.05) is 11.6 Å². The average molecular weight is 320 g/mol. The minimum atomic E-state index is -0.892. The summed E-state index contributed by atoms with van der Waals surface area (Å²) in [6.45, 7) is 4.58. The summed E-state index contributed by atoms with van der Waals surface area (Å²) < 4.78 is 16.3. The van der Waals surface area contributed by atoms with E-state index in [4.69, 9.17) is 4.74 Å². The molecule has 0 aliphatic carbocycles. The monoisotopic (exact) mass is 320 g/mol. The van der Waals surface area contributed by atoms with Crippen LogP contribution in [0.5, 0.6) is 0 Å². The van der Waals surface area contributed by atoms with Crippen LogP contribution in [0.4, 0.5) is 5.69 Å². The summed E-state index contributed by atoms with van der Waals surface area (Å²) in [6, 6.07) is 5.88. The first kappa shape index (κ1) is 16.4. The van der Waals surface area contributed by atoms with Gasteiger partial charge < -0.3 is 10.1 Å². The number of carbonyl (C=O) groups is 1. The van der Waals surface area contributed by atoms with Crippen molar-refractivity contribution in [1.82, 2.24) is 4.98 Å². The fraction of sp³-hybridized carbons (Fsp3) is 0.375. The number of rotatable bonds is 6. The third-order valence-electron chi connectivity index (χ3n) is 3.21. The number of fused-ring (bicyclic) bond motifs is 1. The molecule has 1 unspecified atom stereocenters. The van der Waals surface area contributed by atoms with Crippen molar-refractivity contribution in [3.63, 3.8) is 0 Å². The molecule has 0 aliphatic heterocycles. The number of aromatic nitrogens is 1. The van der Waals surface area contributed by atoms with Gasteiger partial charge in [-0.15, -0.1) is 0 Å². The SMILES string of the molecule is CCOC(=O)c1cnc2ccc(C)cc2c1NCCS(C)=O. The lowest BCUT2D eigenvalue weighted by Crippen LogP contribution is -2.15. The molecule has 1 N–H and O–H groups in total. The van der Waals surface area contributed by atoms with Crippen LogP contribution in [0.15, 0.2) is 24.4 Å². The summed E-state index contributed by atoms with van der Waals surface area (Å²) in [5.74, 6) is 0.108. The lowest BCUT2D eigenvalue weighted by molar-refractivity contribution is 0.0527. The highest BCUT2D eigenvalue weighted by Gasteiger charge is 2.16. The Morgan fingerprint density at radius 2 is 2.18 bits per heavy atom. The largest absolute Gasteiger partial charge is 0.462 e. The van der Waals surface area contributed by atoms with E-state index in [-0.39, 0.29) is 0 Å². The topological polar surface area (TPSA) is 68.3 Å². The molecule has 2 aromatic rings. The van der Waals surface area contributed by atoms with Crippen LogP contribution in [-0.4, -0.2) is 40.3 Å². The number of hydrogen-bond donors (Lipinski definition) is 1. The number of nitrogens with zero attached hydrogens (tertiary/aromatic N) is 1. The Balaban J connectivity index is 2.48. The molecule has 0 bridgehead atoms. The molecule has 6 heteroatoms. The molecule has 0 spiro atoms. The molecule has 1 heterocycles. The van der Waals surface area contributed by atoms with Crippen molar-refractivity contribution in [3.05, 3.63) is 35.5 Å². The van der Waals surface area contributed by atoms with Gasteiger partial charge in [0.15, 0.2) is 0 Å². The van der Waals surface area contributed by atoms with Crippen LogP contribution in [0.1, 0.15) is 22.8 Å². The first-order valence-electron chi connectivity index (χ1n) is 7.13. The van der Waals surface area contributed by atoms with Crippen LogP contribution >= 0.6 is 0 Å². The number of esters is 1. The first-order valence-corrected chi connectivity index (χ1v) is 8.86. The third kappa shape index (κ3) is 3.82.